The Hall–Kier alpha value is -2.54. The molecule has 0 aliphatic carbocycles. The highest BCUT2D eigenvalue weighted by molar-refractivity contribution is 5.80. The molecule has 2 heterocycles. The van der Waals surface area contributed by atoms with Crippen LogP contribution in [0.15, 0.2) is 46.1 Å². The predicted molar refractivity (Wildman–Crippen MR) is 111 cm³/mol. The molecule has 0 bridgehead atoms. The van der Waals surface area contributed by atoms with Crippen LogP contribution in [-0.4, -0.2) is 67.3 Å². The second-order valence-corrected chi connectivity index (χ2v) is 6.94. The number of hydrogen-bond donors (Lipinski definition) is 1. The van der Waals surface area contributed by atoms with Gasteiger partial charge in [0.05, 0.1) is 12.8 Å². The molecular formula is C21H31N5O2. The van der Waals surface area contributed by atoms with Gasteiger partial charge >= 0.3 is 0 Å². The van der Waals surface area contributed by atoms with E-state index in [0.717, 1.165) is 76.1 Å². The molecule has 1 aromatic carbocycles. The van der Waals surface area contributed by atoms with E-state index >= 15 is 0 Å². The summed E-state index contributed by atoms with van der Waals surface area (Å²) in [5.41, 5.74) is 2.28. The molecule has 0 unspecified atom stereocenters. The van der Waals surface area contributed by atoms with Crippen molar-refractivity contribution in [1.82, 2.24) is 20.3 Å². The van der Waals surface area contributed by atoms with E-state index in [2.05, 4.69) is 39.3 Å². The summed E-state index contributed by atoms with van der Waals surface area (Å²) in [6.07, 6.45) is 3.66. The Bertz CT molecular complexity index is 724. The van der Waals surface area contributed by atoms with Crippen LogP contribution >= 0.6 is 0 Å². The van der Waals surface area contributed by atoms with Crippen molar-refractivity contribution >= 4 is 5.96 Å². The summed E-state index contributed by atoms with van der Waals surface area (Å²) < 4.78 is 10.2. The van der Waals surface area contributed by atoms with Crippen LogP contribution in [-0.2, 0) is 13.0 Å². The summed E-state index contributed by atoms with van der Waals surface area (Å²) in [4.78, 5) is 9.61. The Morgan fingerprint density at radius 1 is 1.25 bits per heavy atom. The van der Waals surface area contributed by atoms with Crippen LogP contribution < -0.4 is 10.1 Å². The van der Waals surface area contributed by atoms with E-state index < -0.39 is 0 Å². The number of nitrogens with one attached hydrogen (secondary N) is 1. The molecule has 0 radical (unpaired) electrons. The number of methoxy groups -OCH3 is 1. The lowest BCUT2D eigenvalue weighted by Crippen LogP contribution is -2.52. The fraction of sp³-hybridized carbons (Fsp3) is 0.524. The number of nitrogens with zero attached hydrogens (tertiary/aromatic N) is 4. The number of guanidine groups is 1. The maximum atomic E-state index is 5.29. The minimum absolute atomic E-state index is 0.818. The molecule has 1 saturated heterocycles. The highest BCUT2D eigenvalue weighted by Gasteiger charge is 2.20. The zero-order valence-electron chi connectivity index (χ0n) is 16.9. The smallest absolute Gasteiger partial charge is 0.194 e. The standard InChI is InChI=1S/C21H31N5O2/c1-3-22-21(23-10-5-7-18-6-4-8-20(16-18)27-2)26-13-11-25(12-14-26)17-19-9-15-28-24-19/h4,6,8-9,15-16H,3,5,7,10-14,17H2,1-2H3,(H,22,23). The number of benzene rings is 1. The molecule has 28 heavy (non-hydrogen) atoms. The second kappa shape index (κ2) is 10.7. The Balaban J connectivity index is 1.46. The van der Waals surface area contributed by atoms with Crippen molar-refractivity contribution in [3.05, 3.63) is 47.9 Å². The van der Waals surface area contributed by atoms with Crippen LogP contribution in [0.25, 0.3) is 0 Å². The zero-order valence-corrected chi connectivity index (χ0v) is 16.9. The van der Waals surface area contributed by atoms with Crippen molar-refractivity contribution < 1.29 is 9.26 Å². The van der Waals surface area contributed by atoms with Gasteiger partial charge in [-0.05, 0) is 37.5 Å². The largest absolute Gasteiger partial charge is 0.497 e. The molecule has 1 aliphatic rings. The molecule has 7 nitrogen and oxygen atoms in total. The van der Waals surface area contributed by atoms with Gasteiger partial charge < -0.3 is 19.5 Å². The van der Waals surface area contributed by atoms with Crippen molar-refractivity contribution in [2.24, 2.45) is 4.99 Å². The molecule has 2 aromatic rings. The van der Waals surface area contributed by atoms with Crippen LogP contribution in [0.1, 0.15) is 24.6 Å². The fourth-order valence-electron chi connectivity index (χ4n) is 3.39. The molecule has 7 heteroatoms. The summed E-state index contributed by atoms with van der Waals surface area (Å²) in [6.45, 7) is 8.61. The molecule has 0 spiro atoms. The van der Waals surface area contributed by atoms with Crippen LogP contribution in [0, 0.1) is 0 Å². The third kappa shape index (κ3) is 5.99. The molecule has 1 aromatic heterocycles. The van der Waals surface area contributed by atoms with Gasteiger partial charge in [-0.1, -0.05) is 17.3 Å². The minimum Gasteiger partial charge on any atom is -0.497 e. The first-order valence-corrected chi connectivity index (χ1v) is 10.1. The molecule has 1 fully saturated rings. The number of aromatic nitrogens is 1. The van der Waals surface area contributed by atoms with Crippen LogP contribution in [0.5, 0.6) is 5.75 Å². The SMILES string of the molecule is CCNC(=NCCCc1cccc(OC)c1)N1CCN(Cc2ccon2)CC1. The molecule has 0 saturated carbocycles. The van der Waals surface area contributed by atoms with Crippen molar-refractivity contribution in [2.45, 2.75) is 26.3 Å². The van der Waals surface area contributed by atoms with Gasteiger partial charge in [-0.3, -0.25) is 9.89 Å². The van der Waals surface area contributed by atoms with Gasteiger partial charge in [-0.2, -0.15) is 0 Å². The van der Waals surface area contributed by atoms with Crippen LogP contribution in [0.2, 0.25) is 0 Å². The molecule has 3 rings (SSSR count). The van der Waals surface area contributed by atoms with Crippen molar-refractivity contribution in [3.8, 4) is 5.75 Å². The van der Waals surface area contributed by atoms with E-state index in [1.54, 1.807) is 13.4 Å². The Kier molecular flexibility index (Phi) is 7.72. The summed E-state index contributed by atoms with van der Waals surface area (Å²) in [6, 6.07) is 10.2. The third-order valence-corrected chi connectivity index (χ3v) is 4.90. The van der Waals surface area contributed by atoms with Crippen molar-refractivity contribution in [2.75, 3.05) is 46.4 Å². The van der Waals surface area contributed by atoms with Gasteiger partial charge in [0.15, 0.2) is 5.96 Å². The first-order chi connectivity index (χ1) is 13.8. The van der Waals surface area contributed by atoms with E-state index in [0.29, 0.717) is 0 Å². The minimum atomic E-state index is 0.818. The number of aliphatic imine (C=N–C) groups is 1. The molecular weight excluding hydrogens is 354 g/mol. The number of ether oxygens (including phenoxy) is 1. The molecule has 0 amide bonds. The third-order valence-electron chi connectivity index (χ3n) is 4.90. The Morgan fingerprint density at radius 2 is 2.11 bits per heavy atom. The van der Waals surface area contributed by atoms with E-state index in [9.17, 15) is 0 Å². The summed E-state index contributed by atoms with van der Waals surface area (Å²) in [5.74, 6) is 1.94. The lowest BCUT2D eigenvalue weighted by atomic mass is 10.1. The quantitative estimate of drug-likeness (QED) is 0.428. The monoisotopic (exact) mass is 385 g/mol. The molecule has 0 atom stereocenters. The van der Waals surface area contributed by atoms with Crippen molar-refractivity contribution in [3.63, 3.8) is 0 Å². The summed E-state index contributed by atoms with van der Waals surface area (Å²) in [7, 11) is 1.71. The highest BCUT2D eigenvalue weighted by Crippen LogP contribution is 2.14. The number of hydrogen-bond acceptors (Lipinski definition) is 5. The number of piperazine rings is 1. The first kappa shape index (κ1) is 20.2. The molecule has 1 N–H and O–H groups in total. The maximum absolute atomic E-state index is 5.29. The Morgan fingerprint density at radius 3 is 2.82 bits per heavy atom. The zero-order chi connectivity index (χ0) is 19.6. The lowest BCUT2D eigenvalue weighted by molar-refractivity contribution is 0.169. The topological polar surface area (TPSA) is 66.1 Å². The van der Waals surface area contributed by atoms with Crippen molar-refractivity contribution in [1.29, 1.82) is 0 Å². The Labute approximate surface area is 167 Å². The van der Waals surface area contributed by atoms with Gasteiger partial charge in [0.1, 0.15) is 12.0 Å². The van der Waals surface area contributed by atoms with Crippen LogP contribution in [0.3, 0.4) is 0 Å². The van der Waals surface area contributed by atoms with E-state index in [-0.39, 0.29) is 0 Å². The van der Waals surface area contributed by atoms with Gasteiger partial charge in [0, 0.05) is 51.9 Å². The molecule has 1 aliphatic heterocycles. The van der Waals surface area contributed by atoms with Gasteiger partial charge in [-0.15, -0.1) is 0 Å². The number of rotatable bonds is 8. The van der Waals surface area contributed by atoms with E-state index in [1.807, 2.05) is 18.2 Å². The number of aryl methyl sites for hydroxylation is 1. The highest BCUT2D eigenvalue weighted by atomic mass is 16.5. The normalized spacial score (nSPS) is 15.6. The first-order valence-electron chi connectivity index (χ1n) is 10.1. The lowest BCUT2D eigenvalue weighted by Gasteiger charge is -2.36. The average molecular weight is 386 g/mol. The van der Waals surface area contributed by atoms with Gasteiger partial charge in [0.2, 0.25) is 0 Å². The van der Waals surface area contributed by atoms with Gasteiger partial charge in [0.25, 0.3) is 0 Å². The fourth-order valence-corrected chi connectivity index (χ4v) is 3.39. The van der Waals surface area contributed by atoms with Gasteiger partial charge in [-0.25, -0.2) is 0 Å². The van der Waals surface area contributed by atoms with E-state index in [4.69, 9.17) is 14.3 Å². The second-order valence-electron chi connectivity index (χ2n) is 6.94. The van der Waals surface area contributed by atoms with Crippen LogP contribution in [0.4, 0.5) is 0 Å². The summed E-state index contributed by atoms with van der Waals surface area (Å²) >= 11 is 0. The predicted octanol–water partition coefficient (Wildman–Crippen LogP) is 2.40. The summed E-state index contributed by atoms with van der Waals surface area (Å²) in [5, 5.41) is 7.45. The van der Waals surface area contributed by atoms with E-state index in [1.165, 1.54) is 5.56 Å². The maximum Gasteiger partial charge on any atom is 0.194 e. The molecule has 152 valence electrons. The average Bonchev–Trinajstić information content (AvgIpc) is 3.24.